The van der Waals surface area contributed by atoms with Gasteiger partial charge in [0.25, 0.3) is 5.91 Å². The summed E-state index contributed by atoms with van der Waals surface area (Å²) in [7, 11) is 0. The first kappa shape index (κ1) is 13.8. The fourth-order valence-electron chi connectivity index (χ4n) is 1.36. The lowest BCUT2D eigenvalue weighted by atomic mass is 10.2. The van der Waals surface area contributed by atoms with E-state index in [0.29, 0.717) is 0 Å². The molecule has 0 bridgehead atoms. The standard InChI is InChI=1S/C11H14N2O5/c1-6(2)13(4-9(12)14)10(15)8-3-7(5-18-8)11(16)17/h3,5-6H,4H2,1-2H3,(H2,12,14)(H,16,17). The third-order valence-corrected chi connectivity index (χ3v) is 2.27. The normalized spacial score (nSPS) is 10.4. The number of aromatic carboxylic acids is 1. The van der Waals surface area contributed by atoms with Crippen LogP contribution in [0.4, 0.5) is 0 Å². The Balaban J connectivity index is 2.94. The molecule has 0 spiro atoms. The van der Waals surface area contributed by atoms with Crippen molar-refractivity contribution < 1.29 is 23.9 Å². The highest BCUT2D eigenvalue weighted by Gasteiger charge is 2.24. The first-order valence-electron chi connectivity index (χ1n) is 5.24. The fourth-order valence-corrected chi connectivity index (χ4v) is 1.36. The average Bonchev–Trinajstić information content (AvgIpc) is 2.73. The first-order chi connectivity index (χ1) is 8.32. The molecule has 1 rings (SSSR count). The summed E-state index contributed by atoms with van der Waals surface area (Å²) in [5.41, 5.74) is 4.92. The number of nitrogens with zero attached hydrogens (tertiary/aromatic N) is 1. The van der Waals surface area contributed by atoms with Gasteiger partial charge >= 0.3 is 5.97 Å². The number of carboxylic acid groups (broad SMARTS) is 1. The number of primary amides is 1. The minimum Gasteiger partial charge on any atom is -0.478 e. The smallest absolute Gasteiger partial charge is 0.338 e. The van der Waals surface area contributed by atoms with Crippen molar-refractivity contribution in [2.45, 2.75) is 19.9 Å². The third kappa shape index (κ3) is 3.09. The monoisotopic (exact) mass is 254 g/mol. The number of amides is 2. The van der Waals surface area contributed by atoms with Crippen LogP contribution in [-0.4, -0.2) is 40.4 Å². The van der Waals surface area contributed by atoms with Crippen LogP contribution in [0.5, 0.6) is 0 Å². The van der Waals surface area contributed by atoms with E-state index in [2.05, 4.69) is 0 Å². The summed E-state index contributed by atoms with van der Waals surface area (Å²) in [5, 5.41) is 8.71. The van der Waals surface area contributed by atoms with Crippen molar-refractivity contribution in [1.82, 2.24) is 4.90 Å². The molecule has 0 unspecified atom stereocenters. The molecule has 0 aliphatic heterocycles. The van der Waals surface area contributed by atoms with Crippen LogP contribution in [0.3, 0.4) is 0 Å². The van der Waals surface area contributed by atoms with Crippen molar-refractivity contribution in [1.29, 1.82) is 0 Å². The Labute approximate surface area is 103 Å². The second-order valence-electron chi connectivity index (χ2n) is 4.00. The molecule has 0 aliphatic carbocycles. The molecule has 0 saturated carbocycles. The molecule has 7 heteroatoms. The number of furan rings is 1. The molecule has 98 valence electrons. The third-order valence-electron chi connectivity index (χ3n) is 2.27. The number of carbonyl (C=O) groups excluding carboxylic acids is 2. The van der Waals surface area contributed by atoms with Crippen molar-refractivity contribution in [2.24, 2.45) is 5.73 Å². The summed E-state index contributed by atoms with van der Waals surface area (Å²) in [4.78, 5) is 34.7. The van der Waals surface area contributed by atoms with Crippen molar-refractivity contribution in [3.05, 3.63) is 23.7 Å². The van der Waals surface area contributed by atoms with Gasteiger partial charge in [0.1, 0.15) is 6.26 Å². The van der Waals surface area contributed by atoms with Gasteiger partial charge in [-0.1, -0.05) is 0 Å². The Hall–Kier alpha value is -2.31. The van der Waals surface area contributed by atoms with Crippen LogP contribution in [0.2, 0.25) is 0 Å². The summed E-state index contributed by atoms with van der Waals surface area (Å²) in [6, 6.07) is 0.851. The van der Waals surface area contributed by atoms with Gasteiger partial charge in [0.2, 0.25) is 5.91 Å². The second kappa shape index (κ2) is 5.35. The van der Waals surface area contributed by atoms with Gasteiger partial charge in [-0.3, -0.25) is 9.59 Å². The molecule has 1 aromatic rings. The van der Waals surface area contributed by atoms with E-state index in [9.17, 15) is 14.4 Å². The van der Waals surface area contributed by atoms with Crippen molar-refractivity contribution in [3.8, 4) is 0 Å². The second-order valence-corrected chi connectivity index (χ2v) is 4.00. The van der Waals surface area contributed by atoms with Crippen LogP contribution in [0.15, 0.2) is 16.7 Å². The van der Waals surface area contributed by atoms with Crippen LogP contribution in [0.25, 0.3) is 0 Å². The molecule has 0 atom stereocenters. The Kier molecular flexibility index (Phi) is 4.09. The van der Waals surface area contributed by atoms with Crippen molar-refractivity contribution in [2.75, 3.05) is 6.54 Å². The predicted molar refractivity (Wildman–Crippen MR) is 61.0 cm³/mol. The van der Waals surface area contributed by atoms with Crippen LogP contribution >= 0.6 is 0 Å². The number of carboxylic acids is 1. The lowest BCUT2D eigenvalue weighted by Gasteiger charge is -2.24. The van der Waals surface area contributed by atoms with Gasteiger partial charge in [0.15, 0.2) is 5.76 Å². The zero-order valence-corrected chi connectivity index (χ0v) is 10.0. The van der Waals surface area contributed by atoms with Gasteiger partial charge in [-0.15, -0.1) is 0 Å². The zero-order chi connectivity index (χ0) is 13.9. The maximum Gasteiger partial charge on any atom is 0.338 e. The van der Waals surface area contributed by atoms with Gasteiger partial charge in [-0.25, -0.2) is 4.79 Å². The van der Waals surface area contributed by atoms with Gasteiger partial charge in [0.05, 0.1) is 12.1 Å². The topological polar surface area (TPSA) is 114 Å². The molecule has 7 nitrogen and oxygen atoms in total. The highest BCUT2D eigenvalue weighted by atomic mass is 16.4. The highest BCUT2D eigenvalue weighted by Crippen LogP contribution is 2.12. The fraction of sp³-hybridized carbons (Fsp3) is 0.364. The molecule has 0 radical (unpaired) electrons. The average molecular weight is 254 g/mol. The molecule has 0 aliphatic rings. The van der Waals surface area contributed by atoms with E-state index in [-0.39, 0.29) is 23.9 Å². The summed E-state index contributed by atoms with van der Waals surface area (Å²) in [6.07, 6.45) is 0.971. The predicted octanol–water partition coefficient (Wildman–Crippen LogP) is 0.314. The highest BCUT2D eigenvalue weighted by molar-refractivity contribution is 5.97. The zero-order valence-electron chi connectivity index (χ0n) is 10.0. The number of carbonyl (C=O) groups is 3. The molecule has 0 fully saturated rings. The molecule has 0 aromatic carbocycles. The van der Waals surface area contributed by atoms with E-state index in [1.54, 1.807) is 13.8 Å². The number of rotatable bonds is 5. The lowest BCUT2D eigenvalue weighted by Crippen LogP contribution is -2.42. The number of nitrogens with two attached hydrogens (primary N) is 1. The molecular weight excluding hydrogens is 240 g/mol. The molecular formula is C11H14N2O5. The molecule has 0 saturated heterocycles. The minimum atomic E-state index is -1.19. The van der Waals surface area contributed by atoms with Crippen LogP contribution in [-0.2, 0) is 4.79 Å². The van der Waals surface area contributed by atoms with Gasteiger partial charge in [-0.2, -0.15) is 0 Å². The van der Waals surface area contributed by atoms with Gasteiger partial charge < -0.3 is 20.2 Å². The maximum absolute atomic E-state index is 12.0. The van der Waals surface area contributed by atoms with Crippen LogP contribution in [0.1, 0.15) is 34.8 Å². The van der Waals surface area contributed by atoms with E-state index in [4.69, 9.17) is 15.3 Å². The minimum absolute atomic E-state index is 0.124. The van der Waals surface area contributed by atoms with Gasteiger partial charge in [0, 0.05) is 12.1 Å². The molecule has 3 N–H and O–H groups in total. The lowest BCUT2D eigenvalue weighted by molar-refractivity contribution is -0.119. The summed E-state index contributed by atoms with van der Waals surface area (Å²) >= 11 is 0. The van der Waals surface area contributed by atoms with E-state index in [0.717, 1.165) is 12.3 Å². The Bertz CT molecular complexity index is 478. The van der Waals surface area contributed by atoms with Crippen LogP contribution < -0.4 is 5.73 Å². The molecule has 2 amide bonds. The number of hydrogen-bond donors (Lipinski definition) is 2. The molecule has 1 aromatic heterocycles. The van der Waals surface area contributed by atoms with Gasteiger partial charge in [-0.05, 0) is 13.8 Å². The van der Waals surface area contributed by atoms with E-state index in [1.807, 2.05) is 0 Å². The van der Waals surface area contributed by atoms with E-state index < -0.39 is 17.8 Å². The molecule has 18 heavy (non-hydrogen) atoms. The van der Waals surface area contributed by atoms with Crippen LogP contribution in [0, 0.1) is 0 Å². The quantitative estimate of drug-likeness (QED) is 0.785. The van der Waals surface area contributed by atoms with Crippen molar-refractivity contribution in [3.63, 3.8) is 0 Å². The number of hydrogen-bond acceptors (Lipinski definition) is 4. The Morgan fingerprint density at radius 3 is 2.44 bits per heavy atom. The first-order valence-corrected chi connectivity index (χ1v) is 5.24. The SMILES string of the molecule is CC(C)N(CC(N)=O)C(=O)c1cc(C(=O)O)co1. The summed E-state index contributed by atoms with van der Waals surface area (Å²) in [6.45, 7) is 3.17. The summed E-state index contributed by atoms with van der Waals surface area (Å²) in [5.74, 6) is -2.55. The summed E-state index contributed by atoms with van der Waals surface area (Å²) < 4.78 is 4.88. The maximum atomic E-state index is 12.0. The van der Waals surface area contributed by atoms with E-state index in [1.165, 1.54) is 4.90 Å². The van der Waals surface area contributed by atoms with Crippen molar-refractivity contribution >= 4 is 17.8 Å². The van der Waals surface area contributed by atoms with E-state index >= 15 is 0 Å². The largest absolute Gasteiger partial charge is 0.478 e. The Morgan fingerprint density at radius 2 is 2.06 bits per heavy atom. The Morgan fingerprint density at radius 1 is 1.44 bits per heavy atom. The molecule has 1 heterocycles.